The Labute approximate surface area is 189 Å². The Balaban J connectivity index is 1.54. The molecule has 1 amide bonds. The van der Waals surface area contributed by atoms with Crippen LogP contribution in [-0.4, -0.2) is 53.4 Å². The zero-order chi connectivity index (χ0) is 22.5. The number of benzene rings is 1. The van der Waals surface area contributed by atoms with E-state index in [1.807, 2.05) is 35.7 Å². The quantitative estimate of drug-likeness (QED) is 0.440. The first-order valence-corrected chi connectivity index (χ1v) is 10.9. The number of nitrogens with zero attached hydrogens (tertiary/aromatic N) is 4. The molecule has 0 saturated carbocycles. The van der Waals surface area contributed by atoms with Gasteiger partial charge in [-0.05, 0) is 68.9 Å². The van der Waals surface area contributed by atoms with Gasteiger partial charge in [-0.15, -0.1) is 0 Å². The van der Waals surface area contributed by atoms with Crippen LogP contribution < -0.4 is 15.5 Å². The van der Waals surface area contributed by atoms with Crippen molar-refractivity contribution in [3.63, 3.8) is 0 Å². The Morgan fingerprint density at radius 3 is 2.69 bits per heavy atom. The lowest BCUT2D eigenvalue weighted by atomic mass is 10.1. The molecular weight excluding hydrogens is 400 g/mol. The molecule has 1 aliphatic rings. The summed E-state index contributed by atoms with van der Waals surface area (Å²) in [6.45, 7) is 7.42. The summed E-state index contributed by atoms with van der Waals surface area (Å²) in [6.07, 6.45) is 9.89. The molecular formula is C25H30N6O. The maximum Gasteiger partial charge on any atom is 0.211 e. The zero-order valence-electron chi connectivity index (χ0n) is 18.8. The van der Waals surface area contributed by atoms with Crippen LogP contribution in [0.25, 0.3) is 11.2 Å². The third-order valence-electron chi connectivity index (χ3n) is 6.05. The number of aromatic nitrogens is 2. The number of piperazine rings is 1. The van der Waals surface area contributed by atoms with Crippen molar-refractivity contribution in [3.05, 3.63) is 72.8 Å². The Morgan fingerprint density at radius 1 is 1.16 bits per heavy atom. The molecule has 2 N–H and O–H groups in total. The summed E-state index contributed by atoms with van der Waals surface area (Å²) in [7, 11) is 2.19. The highest BCUT2D eigenvalue weighted by atomic mass is 16.1. The fourth-order valence-electron chi connectivity index (χ4n) is 4.05. The van der Waals surface area contributed by atoms with Crippen molar-refractivity contribution >= 4 is 34.7 Å². The number of nitrogens with one attached hydrogen (secondary N) is 2. The van der Waals surface area contributed by atoms with Crippen LogP contribution in [0, 0.1) is 0 Å². The number of carbonyl (C=O) groups is 1. The van der Waals surface area contributed by atoms with Gasteiger partial charge in [0, 0.05) is 55.6 Å². The maximum atomic E-state index is 10.5. The van der Waals surface area contributed by atoms with Gasteiger partial charge in [0.1, 0.15) is 0 Å². The second-order valence-electron chi connectivity index (χ2n) is 8.06. The molecule has 0 radical (unpaired) electrons. The normalized spacial score (nSPS) is 17.8. The van der Waals surface area contributed by atoms with E-state index in [2.05, 4.69) is 69.7 Å². The van der Waals surface area contributed by atoms with E-state index in [0.717, 1.165) is 47.9 Å². The summed E-state index contributed by atoms with van der Waals surface area (Å²) in [5, 5.41) is 6.07. The van der Waals surface area contributed by atoms with Gasteiger partial charge in [0.25, 0.3) is 0 Å². The summed E-state index contributed by atoms with van der Waals surface area (Å²) >= 11 is 0. The number of imidazole rings is 1. The predicted octanol–water partition coefficient (Wildman–Crippen LogP) is 3.88. The predicted molar refractivity (Wildman–Crippen MR) is 131 cm³/mol. The lowest BCUT2D eigenvalue weighted by Gasteiger charge is -2.39. The van der Waals surface area contributed by atoms with E-state index in [-0.39, 0.29) is 0 Å². The molecule has 0 spiro atoms. The molecule has 0 aliphatic carbocycles. The van der Waals surface area contributed by atoms with Gasteiger partial charge in [-0.25, -0.2) is 4.98 Å². The molecule has 3 heterocycles. The first kappa shape index (κ1) is 21.6. The Morgan fingerprint density at radius 2 is 1.97 bits per heavy atom. The van der Waals surface area contributed by atoms with Crippen LogP contribution in [0.3, 0.4) is 0 Å². The minimum atomic E-state index is 0.555. The van der Waals surface area contributed by atoms with E-state index in [1.165, 1.54) is 5.69 Å². The van der Waals surface area contributed by atoms with Crippen LogP contribution in [0.15, 0.2) is 67.1 Å². The van der Waals surface area contributed by atoms with E-state index >= 15 is 0 Å². The topological polar surface area (TPSA) is 64.9 Å². The van der Waals surface area contributed by atoms with Crippen molar-refractivity contribution in [2.24, 2.45) is 0 Å². The number of carbonyl (C=O) groups excluding carboxylic acids is 1. The number of amides is 1. The molecule has 0 bridgehead atoms. The van der Waals surface area contributed by atoms with Gasteiger partial charge in [0.2, 0.25) is 6.41 Å². The lowest BCUT2D eigenvalue weighted by Crippen LogP contribution is -2.50. The van der Waals surface area contributed by atoms with Crippen LogP contribution in [-0.2, 0) is 4.79 Å². The number of anilines is 3. The Hall–Kier alpha value is -3.58. The highest BCUT2D eigenvalue weighted by Crippen LogP contribution is 2.27. The largest absolute Gasteiger partial charge is 0.369 e. The molecule has 1 fully saturated rings. The van der Waals surface area contributed by atoms with Crippen LogP contribution in [0.4, 0.5) is 17.1 Å². The number of allylic oxidation sites excluding steroid dienone is 3. The van der Waals surface area contributed by atoms with Crippen LogP contribution in [0.2, 0.25) is 0 Å². The molecule has 3 aromatic rings. The van der Waals surface area contributed by atoms with Crippen molar-refractivity contribution in [2.45, 2.75) is 19.9 Å². The van der Waals surface area contributed by atoms with Gasteiger partial charge in [-0.3, -0.25) is 9.20 Å². The molecule has 7 nitrogen and oxygen atoms in total. The van der Waals surface area contributed by atoms with Crippen LogP contribution in [0.1, 0.15) is 19.5 Å². The molecule has 166 valence electrons. The molecule has 7 heteroatoms. The van der Waals surface area contributed by atoms with Crippen molar-refractivity contribution in [1.29, 1.82) is 0 Å². The molecule has 1 saturated heterocycles. The number of fused-ring (bicyclic) bond motifs is 1. The van der Waals surface area contributed by atoms with E-state index in [1.54, 1.807) is 12.4 Å². The maximum absolute atomic E-state index is 10.5. The molecule has 1 unspecified atom stereocenters. The zero-order valence-corrected chi connectivity index (χ0v) is 18.8. The van der Waals surface area contributed by atoms with Crippen molar-refractivity contribution in [3.8, 4) is 0 Å². The Bertz CT molecular complexity index is 1130. The van der Waals surface area contributed by atoms with Gasteiger partial charge in [0.15, 0.2) is 5.65 Å². The monoisotopic (exact) mass is 430 g/mol. The highest BCUT2D eigenvalue weighted by Gasteiger charge is 2.20. The third-order valence-corrected chi connectivity index (χ3v) is 6.05. The van der Waals surface area contributed by atoms with Crippen LogP contribution in [0.5, 0.6) is 0 Å². The van der Waals surface area contributed by atoms with Crippen LogP contribution >= 0.6 is 0 Å². The van der Waals surface area contributed by atoms with Gasteiger partial charge in [-0.1, -0.05) is 6.08 Å². The van der Waals surface area contributed by atoms with Crippen molar-refractivity contribution in [2.75, 3.05) is 36.9 Å². The van der Waals surface area contributed by atoms with E-state index in [9.17, 15) is 4.79 Å². The molecule has 4 rings (SSSR count). The average molecular weight is 431 g/mol. The van der Waals surface area contributed by atoms with Gasteiger partial charge in [0.05, 0.1) is 11.4 Å². The van der Waals surface area contributed by atoms with E-state index in [4.69, 9.17) is 0 Å². The first-order chi connectivity index (χ1) is 15.6. The van der Waals surface area contributed by atoms with Gasteiger partial charge >= 0.3 is 0 Å². The van der Waals surface area contributed by atoms with Gasteiger partial charge < -0.3 is 20.4 Å². The average Bonchev–Trinajstić information content (AvgIpc) is 3.30. The fourth-order valence-corrected chi connectivity index (χ4v) is 4.05. The first-order valence-electron chi connectivity index (χ1n) is 10.9. The summed E-state index contributed by atoms with van der Waals surface area (Å²) in [5.41, 5.74) is 6.04. The van der Waals surface area contributed by atoms with Crippen molar-refractivity contribution < 1.29 is 4.79 Å². The molecule has 1 aliphatic heterocycles. The molecule has 1 atom stereocenters. The summed E-state index contributed by atoms with van der Waals surface area (Å²) < 4.78 is 2.04. The molecule has 1 aromatic carbocycles. The Kier molecular flexibility index (Phi) is 6.56. The number of rotatable bonds is 7. The smallest absolute Gasteiger partial charge is 0.211 e. The molecule has 32 heavy (non-hydrogen) atoms. The summed E-state index contributed by atoms with van der Waals surface area (Å²) in [6, 6.07) is 13.3. The number of pyridine rings is 1. The minimum absolute atomic E-state index is 0.555. The summed E-state index contributed by atoms with van der Waals surface area (Å²) in [4.78, 5) is 19.9. The molecule has 2 aromatic heterocycles. The highest BCUT2D eigenvalue weighted by molar-refractivity contribution is 5.80. The minimum Gasteiger partial charge on any atom is -0.369 e. The lowest BCUT2D eigenvalue weighted by molar-refractivity contribution is -0.108. The standard InChI is InChI=1S/C25H30N6O/c1-4-20(11-12-26-18-32)24-10-9-23(25-27-13-14-31(24)25)28-21-5-7-22(8-6-21)30-16-15-29(3)19(2)17-30/h4-14,18-19,28H,15-17H2,1-3H3,(H,26,32)/b12-11-,20-4+. The van der Waals surface area contributed by atoms with Gasteiger partial charge in [-0.2, -0.15) is 0 Å². The van der Waals surface area contributed by atoms with Crippen molar-refractivity contribution in [1.82, 2.24) is 19.6 Å². The SMILES string of the molecule is C/C=C(\C=C/NC=O)c1ccc(Nc2ccc(N3CCN(C)C(C)C3)cc2)c2nccn12. The number of hydrogen-bond donors (Lipinski definition) is 2. The van der Waals surface area contributed by atoms with E-state index in [0.29, 0.717) is 12.5 Å². The van der Waals surface area contributed by atoms with E-state index < -0.39 is 0 Å². The fraction of sp³-hybridized carbons (Fsp3) is 0.280. The second-order valence-corrected chi connectivity index (χ2v) is 8.06. The number of hydrogen-bond acceptors (Lipinski definition) is 5. The second kappa shape index (κ2) is 9.70. The number of likely N-dealkylation sites (N-methyl/N-ethyl adjacent to an activating group) is 1. The third kappa shape index (κ3) is 4.53. The summed E-state index contributed by atoms with van der Waals surface area (Å²) in [5.74, 6) is 0.